The zero-order chi connectivity index (χ0) is 15.1. The first-order chi connectivity index (χ1) is 9.49. The van der Waals surface area contributed by atoms with Crippen LogP contribution in [0.2, 0.25) is 0 Å². The van der Waals surface area contributed by atoms with Crippen molar-refractivity contribution in [2.75, 3.05) is 6.54 Å². The number of nitrogens with one attached hydrogen (secondary N) is 1. The van der Waals surface area contributed by atoms with Crippen molar-refractivity contribution in [2.24, 2.45) is 11.8 Å². The van der Waals surface area contributed by atoms with Crippen LogP contribution in [0.3, 0.4) is 0 Å². The molecule has 0 bridgehead atoms. The largest absolute Gasteiger partial charge is 0.476 e. The van der Waals surface area contributed by atoms with E-state index in [9.17, 15) is 9.59 Å². The van der Waals surface area contributed by atoms with Gasteiger partial charge < -0.3 is 10.4 Å². The Balaban J connectivity index is 2.39. The molecule has 2 N–H and O–H groups in total. The summed E-state index contributed by atoms with van der Waals surface area (Å²) in [5.41, 5.74) is 0.0710. The Bertz CT molecular complexity index is 455. The number of nitrogens with zero attached hydrogens (tertiary/aromatic N) is 1. The topological polar surface area (TPSA) is 79.3 Å². The third-order valence-corrected chi connectivity index (χ3v) is 4.49. The Hall–Kier alpha value is -1.43. The van der Waals surface area contributed by atoms with Crippen LogP contribution < -0.4 is 5.32 Å². The number of hydrogen-bond acceptors (Lipinski definition) is 4. The molecule has 1 aromatic rings. The Kier molecular flexibility index (Phi) is 6.64. The molecule has 112 valence electrons. The molecule has 6 heteroatoms. The van der Waals surface area contributed by atoms with Crippen molar-refractivity contribution in [3.63, 3.8) is 0 Å². The summed E-state index contributed by atoms with van der Waals surface area (Å²) in [4.78, 5) is 26.7. The highest BCUT2D eigenvalue weighted by Gasteiger charge is 2.20. The van der Waals surface area contributed by atoms with Crippen LogP contribution in [0.1, 0.15) is 49.1 Å². The Labute approximate surface area is 123 Å². The van der Waals surface area contributed by atoms with Crippen LogP contribution >= 0.6 is 11.3 Å². The van der Waals surface area contributed by atoms with Gasteiger partial charge in [0.1, 0.15) is 0 Å². The van der Waals surface area contributed by atoms with Crippen molar-refractivity contribution in [3.05, 3.63) is 16.1 Å². The zero-order valence-corrected chi connectivity index (χ0v) is 13.0. The SMILES string of the molecule is CCC(CC)C(C)C(=O)NCCc1nc(C(=O)O)cs1. The summed E-state index contributed by atoms with van der Waals surface area (Å²) in [5.74, 6) is -0.531. The van der Waals surface area contributed by atoms with Gasteiger partial charge in [0.05, 0.1) is 5.01 Å². The van der Waals surface area contributed by atoms with E-state index in [1.807, 2.05) is 6.92 Å². The predicted octanol–water partition coefficient (Wildman–Crippen LogP) is 2.57. The minimum atomic E-state index is -1.01. The Morgan fingerprint density at radius 3 is 2.55 bits per heavy atom. The summed E-state index contributed by atoms with van der Waals surface area (Å²) in [6.07, 6.45) is 2.57. The molecule has 0 saturated heterocycles. The van der Waals surface area contributed by atoms with Crippen LogP contribution in [0.4, 0.5) is 0 Å². The number of carboxylic acid groups (broad SMARTS) is 1. The summed E-state index contributed by atoms with van der Waals surface area (Å²) in [7, 11) is 0. The number of thiazole rings is 1. The molecule has 0 spiro atoms. The van der Waals surface area contributed by atoms with Crippen molar-refractivity contribution in [1.82, 2.24) is 10.3 Å². The smallest absolute Gasteiger partial charge is 0.355 e. The number of aromatic nitrogens is 1. The minimum Gasteiger partial charge on any atom is -0.476 e. The molecular formula is C14H22N2O3S. The number of aromatic carboxylic acids is 1. The third kappa shape index (κ3) is 4.59. The van der Waals surface area contributed by atoms with E-state index in [1.54, 1.807) is 0 Å². The number of rotatable bonds is 8. The molecule has 0 aliphatic heterocycles. The molecule has 0 fully saturated rings. The number of carbonyl (C=O) groups is 2. The average molecular weight is 298 g/mol. The number of amides is 1. The van der Waals surface area contributed by atoms with Crippen molar-refractivity contribution in [3.8, 4) is 0 Å². The van der Waals surface area contributed by atoms with Crippen LogP contribution in [-0.2, 0) is 11.2 Å². The van der Waals surface area contributed by atoms with Gasteiger partial charge >= 0.3 is 5.97 Å². The molecule has 20 heavy (non-hydrogen) atoms. The van der Waals surface area contributed by atoms with Crippen LogP contribution in [0.5, 0.6) is 0 Å². The lowest BCUT2D eigenvalue weighted by molar-refractivity contribution is -0.126. The van der Waals surface area contributed by atoms with Crippen LogP contribution in [0.25, 0.3) is 0 Å². The van der Waals surface area contributed by atoms with Gasteiger partial charge in [-0.25, -0.2) is 9.78 Å². The standard InChI is InChI=1S/C14H22N2O3S/c1-4-10(5-2)9(3)13(17)15-7-6-12-16-11(8-20-12)14(18)19/h8-10H,4-7H2,1-3H3,(H,15,17)(H,18,19). The maximum absolute atomic E-state index is 12.0. The summed E-state index contributed by atoms with van der Waals surface area (Å²) >= 11 is 1.31. The summed E-state index contributed by atoms with van der Waals surface area (Å²) in [5, 5.41) is 13.9. The monoisotopic (exact) mass is 298 g/mol. The fourth-order valence-electron chi connectivity index (χ4n) is 2.19. The van der Waals surface area contributed by atoms with Crippen molar-refractivity contribution >= 4 is 23.2 Å². The molecule has 1 unspecified atom stereocenters. The second kappa shape index (κ2) is 7.99. The van der Waals surface area contributed by atoms with Gasteiger partial charge in [-0.1, -0.05) is 33.6 Å². The molecule has 0 aliphatic rings. The van der Waals surface area contributed by atoms with Crippen molar-refractivity contribution < 1.29 is 14.7 Å². The second-order valence-electron chi connectivity index (χ2n) is 4.84. The van der Waals surface area contributed by atoms with Crippen molar-refractivity contribution in [1.29, 1.82) is 0 Å². The maximum Gasteiger partial charge on any atom is 0.355 e. The highest BCUT2D eigenvalue weighted by atomic mass is 32.1. The van der Waals surface area contributed by atoms with E-state index in [1.165, 1.54) is 16.7 Å². The lowest BCUT2D eigenvalue weighted by atomic mass is 9.89. The lowest BCUT2D eigenvalue weighted by Crippen LogP contribution is -2.34. The molecule has 0 aromatic carbocycles. The molecule has 0 aliphatic carbocycles. The van der Waals surface area contributed by atoms with Gasteiger partial charge in [-0.3, -0.25) is 4.79 Å². The number of hydrogen-bond donors (Lipinski definition) is 2. The minimum absolute atomic E-state index is 0.0101. The predicted molar refractivity (Wildman–Crippen MR) is 79.0 cm³/mol. The second-order valence-corrected chi connectivity index (χ2v) is 5.78. The highest BCUT2D eigenvalue weighted by Crippen LogP contribution is 2.19. The number of carboxylic acids is 1. The van der Waals surface area contributed by atoms with Crippen LogP contribution in [0.15, 0.2) is 5.38 Å². The summed E-state index contributed by atoms with van der Waals surface area (Å²) in [6.45, 7) is 6.65. The van der Waals surface area contributed by atoms with Gasteiger partial charge in [-0.05, 0) is 5.92 Å². The van der Waals surface area contributed by atoms with E-state index >= 15 is 0 Å². The molecular weight excluding hydrogens is 276 g/mol. The van der Waals surface area contributed by atoms with E-state index < -0.39 is 5.97 Å². The van der Waals surface area contributed by atoms with E-state index in [4.69, 9.17) is 5.11 Å². The van der Waals surface area contributed by atoms with Crippen LogP contribution in [0, 0.1) is 11.8 Å². The van der Waals surface area contributed by atoms with E-state index in [-0.39, 0.29) is 17.5 Å². The van der Waals surface area contributed by atoms with Crippen molar-refractivity contribution in [2.45, 2.75) is 40.0 Å². The average Bonchev–Trinajstić information content (AvgIpc) is 2.89. The summed E-state index contributed by atoms with van der Waals surface area (Å²) in [6, 6.07) is 0. The fraction of sp³-hybridized carbons (Fsp3) is 0.643. The summed E-state index contributed by atoms with van der Waals surface area (Å²) < 4.78 is 0. The first kappa shape index (κ1) is 16.6. The highest BCUT2D eigenvalue weighted by molar-refractivity contribution is 7.09. The molecule has 5 nitrogen and oxygen atoms in total. The molecule has 1 heterocycles. The van der Waals surface area contributed by atoms with E-state index in [0.717, 1.165) is 17.8 Å². The molecule has 1 atom stereocenters. The zero-order valence-electron chi connectivity index (χ0n) is 12.2. The molecule has 1 amide bonds. The van der Waals surface area contributed by atoms with Gasteiger partial charge in [0.25, 0.3) is 0 Å². The Morgan fingerprint density at radius 2 is 2.05 bits per heavy atom. The van der Waals surface area contributed by atoms with Gasteiger partial charge in [0.15, 0.2) is 5.69 Å². The van der Waals surface area contributed by atoms with Gasteiger partial charge in [0.2, 0.25) is 5.91 Å². The van der Waals surface area contributed by atoms with E-state index in [2.05, 4.69) is 24.1 Å². The molecule has 0 radical (unpaired) electrons. The van der Waals surface area contributed by atoms with Gasteiger partial charge in [-0.15, -0.1) is 11.3 Å². The Morgan fingerprint density at radius 1 is 1.40 bits per heavy atom. The van der Waals surface area contributed by atoms with E-state index in [0.29, 0.717) is 18.9 Å². The molecule has 1 rings (SSSR count). The van der Waals surface area contributed by atoms with Gasteiger partial charge in [0, 0.05) is 24.3 Å². The van der Waals surface area contributed by atoms with Crippen LogP contribution in [-0.4, -0.2) is 28.5 Å². The van der Waals surface area contributed by atoms with Gasteiger partial charge in [-0.2, -0.15) is 0 Å². The normalized spacial score (nSPS) is 12.4. The fourth-order valence-corrected chi connectivity index (χ4v) is 2.96. The first-order valence-corrected chi connectivity index (χ1v) is 7.82. The third-order valence-electron chi connectivity index (χ3n) is 3.58. The quantitative estimate of drug-likeness (QED) is 0.773. The lowest BCUT2D eigenvalue weighted by Gasteiger charge is -2.20. The maximum atomic E-state index is 12.0. The first-order valence-electron chi connectivity index (χ1n) is 6.94. The molecule has 0 saturated carbocycles. The molecule has 1 aromatic heterocycles. The number of carbonyl (C=O) groups excluding carboxylic acids is 1.